The molecule has 0 unspecified atom stereocenters. The molecule has 0 radical (unpaired) electrons. The molecule has 0 aliphatic carbocycles. The molecule has 0 bridgehead atoms. The van der Waals surface area contributed by atoms with Gasteiger partial charge in [0, 0.05) is 10.0 Å². The Morgan fingerprint density at radius 3 is 2.47 bits per heavy atom. The minimum Gasteiger partial charge on any atom is -0.385 e. The number of thiazole rings is 1. The first-order valence-corrected chi connectivity index (χ1v) is 6.95. The average Bonchev–Trinajstić information content (AvgIpc) is 2.60. The Bertz CT molecular complexity index is 543. The summed E-state index contributed by atoms with van der Waals surface area (Å²) in [5.41, 5.74) is 1.13. The van der Waals surface area contributed by atoms with Gasteiger partial charge in [-0.3, -0.25) is 0 Å². The smallest absolute Gasteiger partial charge is 0.125 e. The van der Waals surface area contributed by atoms with Crippen molar-refractivity contribution in [3.05, 3.63) is 39.3 Å². The summed E-state index contributed by atoms with van der Waals surface area (Å²) in [6.07, 6.45) is 0. The average molecular weight is 312 g/mol. The molecule has 0 spiro atoms. The molecule has 1 aromatic heterocycles. The van der Waals surface area contributed by atoms with Gasteiger partial charge >= 0.3 is 0 Å². The number of hydrogen-bond donors (Lipinski definition) is 1. The van der Waals surface area contributed by atoms with Gasteiger partial charge < -0.3 is 5.11 Å². The van der Waals surface area contributed by atoms with Crippen LogP contribution in [-0.2, 0) is 5.60 Å². The van der Waals surface area contributed by atoms with Gasteiger partial charge in [0.05, 0.1) is 16.2 Å². The number of benzene rings is 1. The molecule has 2 rings (SSSR count). The van der Waals surface area contributed by atoms with E-state index in [0.717, 1.165) is 25.6 Å². The molecular weight excluding hydrogens is 298 g/mol. The summed E-state index contributed by atoms with van der Waals surface area (Å²) in [6.45, 7) is 5.51. The molecule has 0 saturated heterocycles. The molecule has 4 heteroatoms. The third-order valence-corrected chi connectivity index (χ3v) is 4.65. The van der Waals surface area contributed by atoms with Gasteiger partial charge in [0.15, 0.2) is 0 Å². The number of aliphatic hydroxyl groups is 1. The Morgan fingerprint density at radius 1 is 1.29 bits per heavy atom. The first kappa shape index (κ1) is 12.7. The lowest BCUT2D eigenvalue weighted by Crippen LogP contribution is -2.14. The minimum atomic E-state index is -0.832. The Hall–Kier alpha value is -0.710. The fourth-order valence-electron chi connectivity index (χ4n) is 1.71. The number of aryl methyl sites for hydroxylation is 1. The van der Waals surface area contributed by atoms with Crippen LogP contribution in [0.4, 0.5) is 0 Å². The van der Waals surface area contributed by atoms with Crippen molar-refractivity contribution in [2.45, 2.75) is 26.4 Å². The van der Waals surface area contributed by atoms with Gasteiger partial charge in [0.1, 0.15) is 5.01 Å². The molecule has 1 aromatic carbocycles. The maximum Gasteiger partial charge on any atom is 0.125 e. The number of halogens is 1. The van der Waals surface area contributed by atoms with E-state index in [1.165, 1.54) is 0 Å². The van der Waals surface area contributed by atoms with Crippen molar-refractivity contribution in [2.75, 3.05) is 0 Å². The second-order valence-electron chi connectivity index (χ2n) is 4.47. The van der Waals surface area contributed by atoms with Gasteiger partial charge in [0.25, 0.3) is 0 Å². The highest BCUT2D eigenvalue weighted by Gasteiger charge is 2.23. The van der Waals surface area contributed by atoms with E-state index in [4.69, 9.17) is 0 Å². The Morgan fingerprint density at radius 2 is 1.94 bits per heavy atom. The molecule has 0 aliphatic heterocycles. The quantitative estimate of drug-likeness (QED) is 0.905. The van der Waals surface area contributed by atoms with Crippen LogP contribution in [0.2, 0.25) is 0 Å². The van der Waals surface area contributed by atoms with Crippen molar-refractivity contribution < 1.29 is 5.11 Å². The summed E-state index contributed by atoms with van der Waals surface area (Å²) >= 11 is 5.06. The van der Waals surface area contributed by atoms with Crippen LogP contribution in [-0.4, -0.2) is 10.1 Å². The van der Waals surface area contributed by atoms with Crippen LogP contribution >= 0.6 is 27.3 Å². The minimum absolute atomic E-state index is 0.832. The molecule has 0 atom stereocenters. The summed E-state index contributed by atoms with van der Waals surface area (Å²) in [6, 6.07) is 7.98. The highest BCUT2D eigenvalue weighted by Crippen LogP contribution is 2.37. The van der Waals surface area contributed by atoms with Crippen LogP contribution in [0.5, 0.6) is 0 Å². The fraction of sp³-hybridized carbons (Fsp3) is 0.308. The van der Waals surface area contributed by atoms with Crippen LogP contribution in [0.25, 0.3) is 10.6 Å². The maximum absolute atomic E-state index is 10.1. The molecular formula is C13H14BrNOS. The summed E-state index contributed by atoms with van der Waals surface area (Å²) in [5, 5.41) is 11.0. The summed E-state index contributed by atoms with van der Waals surface area (Å²) in [4.78, 5) is 5.46. The Labute approximate surface area is 113 Å². The van der Waals surface area contributed by atoms with E-state index in [0.29, 0.717) is 0 Å². The number of rotatable bonds is 2. The van der Waals surface area contributed by atoms with Gasteiger partial charge in [-0.25, -0.2) is 4.98 Å². The molecule has 1 heterocycles. The van der Waals surface area contributed by atoms with Crippen molar-refractivity contribution in [3.8, 4) is 10.6 Å². The van der Waals surface area contributed by atoms with E-state index < -0.39 is 5.60 Å². The van der Waals surface area contributed by atoms with E-state index >= 15 is 0 Å². The van der Waals surface area contributed by atoms with Gasteiger partial charge in [0.2, 0.25) is 0 Å². The highest BCUT2D eigenvalue weighted by atomic mass is 79.9. The molecule has 2 aromatic rings. The molecule has 90 valence electrons. The van der Waals surface area contributed by atoms with Crippen molar-refractivity contribution in [2.24, 2.45) is 0 Å². The lowest BCUT2D eigenvalue weighted by atomic mass is 10.1. The van der Waals surface area contributed by atoms with Gasteiger partial charge in [-0.2, -0.15) is 0 Å². The third-order valence-electron chi connectivity index (χ3n) is 2.46. The van der Waals surface area contributed by atoms with Crippen LogP contribution < -0.4 is 0 Å². The van der Waals surface area contributed by atoms with E-state index in [-0.39, 0.29) is 0 Å². The van der Waals surface area contributed by atoms with E-state index in [1.54, 1.807) is 25.2 Å². The summed E-state index contributed by atoms with van der Waals surface area (Å²) in [7, 11) is 0. The molecule has 1 N–H and O–H groups in total. The normalized spacial score (nSPS) is 11.8. The number of nitrogens with zero attached hydrogens (tertiary/aromatic N) is 1. The Balaban J connectivity index is 2.53. The van der Waals surface area contributed by atoms with Crippen molar-refractivity contribution >= 4 is 27.3 Å². The predicted octanol–water partition coefficient (Wildman–Crippen LogP) is 4.11. The standard InChI is InChI=1S/C13H14BrNOS/c1-8-11(13(2,3)16)17-12(15-8)9-6-4-5-7-10(9)14/h4-7,16H,1-3H3. The second-order valence-corrected chi connectivity index (χ2v) is 6.33. The van der Waals surface area contributed by atoms with E-state index in [9.17, 15) is 5.11 Å². The third kappa shape index (κ3) is 2.59. The Kier molecular flexibility index (Phi) is 3.39. The van der Waals surface area contributed by atoms with Crippen molar-refractivity contribution in [3.63, 3.8) is 0 Å². The van der Waals surface area contributed by atoms with Crippen LogP contribution in [0.3, 0.4) is 0 Å². The zero-order valence-corrected chi connectivity index (χ0v) is 12.4. The zero-order chi connectivity index (χ0) is 12.6. The first-order chi connectivity index (χ1) is 7.89. The van der Waals surface area contributed by atoms with Gasteiger partial charge in [-0.15, -0.1) is 11.3 Å². The second kappa shape index (κ2) is 4.52. The molecule has 17 heavy (non-hydrogen) atoms. The molecule has 0 saturated carbocycles. The van der Waals surface area contributed by atoms with Crippen LogP contribution in [0, 0.1) is 6.92 Å². The summed E-state index contributed by atoms with van der Waals surface area (Å²) < 4.78 is 1.02. The zero-order valence-electron chi connectivity index (χ0n) is 9.99. The van der Waals surface area contributed by atoms with Crippen molar-refractivity contribution in [1.29, 1.82) is 0 Å². The molecule has 0 aliphatic rings. The topological polar surface area (TPSA) is 33.1 Å². The van der Waals surface area contributed by atoms with Gasteiger partial charge in [-0.1, -0.05) is 34.1 Å². The predicted molar refractivity (Wildman–Crippen MR) is 75.2 cm³/mol. The molecule has 2 nitrogen and oxygen atoms in total. The van der Waals surface area contributed by atoms with Crippen LogP contribution in [0.15, 0.2) is 28.7 Å². The van der Waals surface area contributed by atoms with Crippen LogP contribution in [0.1, 0.15) is 24.4 Å². The largest absolute Gasteiger partial charge is 0.385 e. The lowest BCUT2D eigenvalue weighted by Gasteiger charge is -2.14. The lowest BCUT2D eigenvalue weighted by molar-refractivity contribution is 0.0817. The fourth-order valence-corrected chi connectivity index (χ4v) is 3.42. The summed E-state index contributed by atoms with van der Waals surface area (Å²) in [5.74, 6) is 0. The number of aromatic nitrogens is 1. The van der Waals surface area contributed by atoms with E-state index in [1.807, 2.05) is 31.2 Å². The first-order valence-electron chi connectivity index (χ1n) is 5.35. The highest BCUT2D eigenvalue weighted by molar-refractivity contribution is 9.10. The SMILES string of the molecule is Cc1nc(-c2ccccc2Br)sc1C(C)(C)O. The van der Waals surface area contributed by atoms with Gasteiger partial charge in [-0.05, 0) is 26.8 Å². The number of hydrogen-bond acceptors (Lipinski definition) is 3. The molecule has 0 fully saturated rings. The van der Waals surface area contributed by atoms with E-state index in [2.05, 4.69) is 20.9 Å². The monoisotopic (exact) mass is 311 g/mol. The maximum atomic E-state index is 10.1. The van der Waals surface area contributed by atoms with Crippen molar-refractivity contribution in [1.82, 2.24) is 4.98 Å². The molecule has 0 amide bonds.